The summed E-state index contributed by atoms with van der Waals surface area (Å²) in [5.41, 5.74) is 4.61. The normalized spacial score (nSPS) is 21.5. The highest BCUT2D eigenvalue weighted by atomic mass is 35.5. The van der Waals surface area contributed by atoms with Gasteiger partial charge in [0, 0.05) is 31.0 Å². The van der Waals surface area contributed by atoms with Crippen molar-refractivity contribution < 1.29 is 21.6 Å². The number of piperidine rings is 1. The molecule has 5 nitrogen and oxygen atoms in total. The number of hydrogen-bond donors (Lipinski definition) is 1. The number of alkyl halides is 3. The van der Waals surface area contributed by atoms with Crippen LogP contribution in [0.3, 0.4) is 0 Å². The van der Waals surface area contributed by atoms with Crippen LogP contribution in [0.5, 0.6) is 0 Å². The first kappa shape index (κ1) is 20.1. The van der Waals surface area contributed by atoms with Crippen molar-refractivity contribution in [1.29, 1.82) is 0 Å². The van der Waals surface area contributed by atoms with Gasteiger partial charge in [-0.2, -0.15) is 17.5 Å². The Balaban J connectivity index is 0.00000264. The molecule has 0 spiro atoms. The molecule has 10 heteroatoms. The molecule has 132 valence electrons. The van der Waals surface area contributed by atoms with E-state index in [2.05, 4.69) is 4.98 Å². The SMILES string of the molecule is CC(N)C1CCCCN1S(=O)(=O)c1cnccc1C(F)(F)F.Cl. The van der Waals surface area contributed by atoms with Crippen LogP contribution in [0.4, 0.5) is 13.2 Å². The minimum Gasteiger partial charge on any atom is -0.326 e. The van der Waals surface area contributed by atoms with Gasteiger partial charge in [-0.25, -0.2) is 8.42 Å². The predicted octanol–water partition coefficient (Wildman–Crippen LogP) is 2.41. The second-order valence-corrected chi connectivity index (χ2v) is 7.27. The standard InChI is InChI=1S/C13H18F3N3O2S.ClH/c1-9(17)11-4-2-3-7-19(11)22(20,21)12-8-18-6-5-10(12)13(14,15)16;/h5-6,8-9,11H,2-4,7,17H2,1H3;1H. The summed E-state index contributed by atoms with van der Waals surface area (Å²) in [7, 11) is -4.30. The van der Waals surface area contributed by atoms with Gasteiger partial charge < -0.3 is 5.73 Å². The van der Waals surface area contributed by atoms with Crippen LogP contribution in [0.15, 0.2) is 23.4 Å². The van der Waals surface area contributed by atoms with Crippen molar-refractivity contribution in [3.63, 3.8) is 0 Å². The maximum absolute atomic E-state index is 13.1. The Morgan fingerprint density at radius 1 is 1.39 bits per heavy atom. The molecule has 0 radical (unpaired) electrons. The highest BCUT2D eigenvalue weighted by molar-refractivity contribution is 7.89. The summed E-state index contributed by atoms with van der Waals surface area (Å²) in [5, 5.41) is 0. The van der Waals surface area contributed by atoms with E-state index in [1.54, 1.807) is 6.92 Å². The second-order valence-electron chi connectivity index (χ2n) is 5.41. The quantitative estimate of drug-likeness (QED) is 0.882. The molecule has 2 unspecified atom stereocenters. The van der Waals surface area contributed by atoms with Crippen LogP contribution in [0, 0.1) is 0 Å². The van der Waals surface area contributed by atoms with Crippen LogP contribution >= 0.6 is 12.4 Å². The van der Waals surface area contributed by atoms with Crippen LogP contribution in [-0.4, -0.2) is 36.3 Å². The van der Waals surface area contributed by atoms with Crippen molar-refractivity contribution in [3.05, 3.63) is 24.0 Å². The zero-order chi connectivity index (χ0) is 16.5. The minimum absolute atomic E-state index is 0. The van der Waals surface area contributed by atoms with Gasteiger partial charge in [-0.1, -0.05) is 6.42 Å². The van der Waals surface area contributed by atoms with Crippen LogP contribution in [0.25, 0.3) is 0 Å². The predicted molar refractivity (Wildman–Crippen MR) is 81.7 cm³/mol. The van der Waals surface area contributed by atoms with Crippen LogP contribution in [0.2, 0.25) is 0 Å². The van der Waals surface area contributed by atoms with E-state index in [9.17, 15) is 21.6 Å². The van der Waals surface area contributed by atoms with E-state index in [0.717, 1.165) is 23.1 Å². The molecule has 2 atom stereocenters. The van der Waals surface area contributed by atoms with Crippen molar-refractivity contribution in [2.75, 3.05) is 6.54 Å². The summed E-state index contributed by atoms with van der Waals surface area (Å²) < 4.78 is 65.7. The largest absolute Gasteiger partial charge is 0.417 e. The number of nitrogens with two attached hydrogens (primary N) is 1. The number of rotatable bonds is 3. The fourth-order valence-corrected chi connectivity index (χ4v) is 4.63. The molecular formula is C13H19ClF3N3O2S. The second kappa shape index (κ2) is 7.33. The van der Waals surface area contributed by atoms with Crippen LogP contribution in [-0.2, 0) is 16.2 Å². The summed E-state index contributed by atoms with van der Waals surface area (Å²) in [5.74, 6) is 0. The van der Waals surface area contributed by atoms with Crippen molar-refractivity contribution in [2.45, 2.75) is 49.3 Å². The molecule has 0 amide bonds. The van der Waals surface area contributed by atoms with Crippen LogP contribution < -0.4 is 5.73 Å². The fraction of sp³-hybridized carbons (Fsp3) is 0.615. The van der Waals surface area contributed by atoms with Crippen molar-refractivity contribution in [1.82, 2.24) is 9.29 Å². The maximum Gasteiger partial charge on any atom is 0.417 e. The average molecular weight is 374 g/mol. The van der Waals surface area contributed by atoms with Gasteiger partial charge in [-0.3, -0.25) is 4.98 Å². The minimum atomic E-state index is -4.76. The van der Waals surface area contributed by atoms with Gasteiger partial charge >= 0.3 is 6.18 Å². The molecule has 2 N–H and O–H groups in total. The van der Waals surface area contributed by atoms with E-state index in [-0.39, 0.29) is 19.0 Å². The summed E-state index contributed by atoms with van der Waals surface area (Å²) in [6.45, 7) is 1.83. The molecule has 2 rings (SSSR count). The Morgan fingerprint density at radius 3 is 2.61 bits per heavy atom. The third kappa shape index (κ3) is 4.14. The first-order valence-corrected chi connectivity index (χ1v) is 8.38. The molecule has 1 saturated heterocycles. The molecule has 0 aromatic carbocycles. The van der Waals surface area contributed by atoms with E-state index in [0.29, 0.717) is 18.9 Å². The zero-order valence-electron chi connectivity index (χ0n) is 12.5. The van der Waals surface area contributed by atoms with Crippen molar-refractivity contribution in [2.24, 2.45) is 5.73 Å². The van der Waals surface area contributed by atoms with Gasteiger partial charge in [0.2, 0.25) is 10.0 Å². The Hall–Kier alpha value is -0.900. The van der Waals surface area contributed by atoms with Gasteiger partial charge in [0.05, 0.1) is 5.56 Å². The highest BCUT2D eigenvalue weighted by Crippen LogP contribution is 2.36. The van der Waals surface area contributed by atoms with Crippen LogP contribution in [0.1, 0.15) is 31.7 Å². The Bertz CT molecular complexity index is 638. The van der Waals surface area contributed by atoms with E-state index in [4.69, 9.17) is 5.73 Å². The van der Waals surface area contributed by atoms with E-state index >= 15 is 0 Å². The third-order valence-electron chi connectivity index (χ3n) is 3.78. The average Bonchev–Trinajstić information content (AvgIpc) is 2.46. The number of sulfonamides is 1. The molecule has 0 aliphatic carbocycles. The molecule has 1 fully saturated rings. The summed E-state index contributed by atoms with van der Waals surface area (Å²) in [6, 6.07) is -0.279. The van der Waals surface area contributed by atoms with Crippen molar-refractivity contribution in [3.8, 4) is 0 Å². The number of pyridine rings is 1. The van der Waals surface area contributed by atoms with Gasteiger partial charge in [-0.05, 0) is 25.8 Å². The molecular weight excluding hydrogens is 355 g/mol. The molecule has 1 aliphatic heterocycles. The van der Waals surface area contributed by atoms with Gasteiger partial charge in [0.15, 0.2) is 0 Å². The monoisotopic (exact) mass is 373 g/mol. The molecule has 23 heavy (non-hydrogen) atoms. The molecule has 1 aromatic heterocycles. The van der Waals surface area contributed by atoms with Gasteiger partial charge in [0.25, 0.3) is 0 Å². The molecule has 1 aromatic rings. The maximum atomic E-state index is 13.1. The summed E-state index contributed by atoms with van der Waals surface area (Å²) >= 11 is 0. The third-order valence-corrected chi connectivity index (χ3v) is 5.73. The van der Waals surface area contributed by atoms with E-state index < -0.39 is 38.7 Å². The Labute approximate surface area is 139 Å². The molecule has 0 saturated carbocycles. The smallest absolute Gasteiger partial charge is 0.326 e. The lowest BCUT2D eigenvalue weighted by atomic mass is 10.00. The molecule has 1 aliphatic rings. The summed E-state index contributed by atoms with van der Waals surface area (Å²) in [4.78, 5) is 2.74. The number of nitrogens with zero attached hydrogens (tertiary/aromatic N) is 2. The summed E-state index contributed by atoms with van der Waals surface area (Å²) in [6.07, 6.45) is -1.13. The fourth-order valence-electron chi connectivity index (χ4n) is 2.70. The number of halogens is 4. The first-order chi connectivity index (χ1) is 10.2. The number of aromatic nitrogens is 1. The zero-order valence-corrected chi connectivity index (χ0v) is 14.1. The topological polar surface area (TPSA) is 76.3 Å². The molecule has 2 heterocycles. The highest BCUT2D eigenvalue weighted by Gasteiger charge is 2.42. The first-order valence-electron chi connectivity index (χ1n) is 6.94. The lowest BCUT2D eigenvalue weighted by Crippen LogP contribution is -2.51. The number of hydrogen-bond acceptors (Lipinski definition) is 4. The van der Waals surface area contributed by atoms with Crippen molar-refractivity contribution >= 4 is 22.4 Å². The lowest BCUT2D eigenvalue weighted by molar-refractivity contribution is -0.140. The van der Waals surface area contributed by atoms with E-state index in [1.807, 2.05) is 0 Å². The Kier molecular flexibility index (Phi) is 6.42. The molecule has 0 bridgehead atoms. The van der Waals surface area contributed by atoms with Gasteiger partial charge in [-0.15, -0.1) is 12.4 Å². The Morgan fingerprint density at radius 2 is 2.04 bits per heavy atom. The van der Waals surface area contributed by atoms with E-state index in [1.165, 1.54) is 0 Å². The lowest BCUT2D eigenvalue weighted by Gasteiger charge is -2.37. The van der Waals surface area contributed by atoms with Gasteiger partial charge in [0.1, 0.15) is 4.90 Å².